The van der Waals surface area contributed by atoms with Gasteiger partial charge in [-0.2, -0.15) is 0 Å². The van der Waals surface area contributed by atoms with Crippen molar-refractivity contribution in [3.8, 4) is 11.3 Å². The average Bonchev–Trinajstić information content (AvgIpc) is 2.77. The normalized spacial score (nSPS) is 23.8. The molecule has 3 fully saturated rings. The lowest BCUT2D eigenvalue weighted by atomic mass is 9.70. The largest absolute Gasteiger partial charge is 0.338 e. The Bertz CT molecular complexity index is 1030. The molecule has 0 spiro atoms. The van der Waals surface area contributed by atoms with Gasteiger partial charge >= 0.3 is 0 Å². The number of fused-ring (bicyclic) bond motifs is 3. The summed E-state index contributed by atoms with van der Waals surface area (Å²) < 4.78 is 1.70. The number of benzene rings is 1. The minimum Gasteiger partial charge on any atom is -0.338 e. The van der Waals surface area contributed by atoms with Gasteiger partial charge in [-0.25, -0.2) is 4.98 Å². The van der Waals surface area contributed by atoms with Gasteiger partial charge in [0.15, 0.2) is 0 Å². The smallest absolute Gasteiger partial charge is 0.255 e. The molecule has 4 heterocycles. The van der Waals surface area contributed by atoms with E-state index < -0.39 is 0 Å². The van der Waals surface area contributed by atoms with Gasteiger partial charge in [0.25, 0.3) is 5.56 Å². The fourth-order valence-corrected chi connectivity index (χ4v) is 4.94. The van der Waals surface area contributed by atoms with E-state index in [0.29, 0.717) is 17.9 Å². The molecule has 2 aromatic heterocycles. The van der Waals surface area contributed by atoms with Crippen molar-refractivity contribution in [2.45, 2.75) is 31.2 Å². The molecule has 0 radical (unpaired) electrons. The van der Waals surface area contributed by atoms with Crippen LogP contribution in [0.5, 0.6) is 0 Å². The average molecular weight is 372 g/mol. The summed E-state index contributed by atoms with van der Waals surface area (Å²) in [5.41, 5.74) is 3.03. The molecule has 5 heteroatoms. The van der Waals surface area contributed by atoms with Crippen molar-refractivity contribution in [3.63, 3.8) is 0 Å². The Hall–Kier alpha value is -2.95. The number of hydrogen-bond acceptors (Lipinski definition) is 4. The zero-order valence-corrected chi connectivity index (χ0v) is 16.0. The van der Waals surface area contributed by atoms with Gasteiger partial charge in [0.2, 0.25) is 5.95 Å². The van der Waals surface area contributed by atoms with E-state index in [1.165, 1.54) is 18.4 Å². The first-order chi connectivity index (χ1) is 13.7. The molecule has 0 N–H and O–H groups in total. The topological polar surface area (TPSA) is 51.0 Å². The van der Waals surface area contributed by atoms with Gasteiger partial charge in [-0.15, -0.1) is 0 Å². The van der Waals surface area contributed by atoms with Gasteiger partial charge in [-0.1, -0.05) is 30.3 Å². The first kappa shape index (κ1) is 17.2. The number of nitrogens with zero attached hydrogens (tertiary/aromatic N) is 4. The van der Waals surface area contributed by atoms with Gasteiger partial charge in [-0.3, -0.25) is 14.3 Å². The second-order valence-corrected chi connectivity index (χ2v) is 7.99. The van der Waals surface area contributed by atoms with Crippen LogP contribution in [0.25, 0.3) is 11.3 Å². The van der Waals surface area contributed by atoms with Gasteiger partial charge < -0.3 is 4.90 Å². The quantitative estimate of drug-likeness (QED) is 0.705. The van der Waals surface area contributed by atoms with Crippen molar-refractivity contribution < 1.29 is 0 Å². The summed E-state index contributed by atoms with van der Waals surface area (Å²) in [6, 6.07) is 16.6. The van der Waals surface area contributed by atoms with E-state index in [-0.39, 0.29) is 5.56 Å². The van der Waals surface area contributed by atoms with E-state index in [4.69, 9.17) is 4.98 Å². The highest BCUT2D eigenvalue weighted by Gasteiger charge is 2.42. The Labute approximate surface area is 164 Å². The molecule has 28 heavy (non-hydrogen) atoms. The first-order valence-corrected chi connectivity index (χ1v) is 10.0. The van der Waals surface area contributed by atoms with Crippen LogP contribution in [-0.4, -0.2) is 27.1 Å². The second-order valence-electron chi connectivity index (χ2n) is 7.99. The maximum atomic E-state index is 12.7. The predicted octanol–water partition coefficient (Wildman–Crippen LogP) is 3.61. The highest BCUT2D eigenvalue weighted by molar-refractivity contribution is 5.60. The Morgan fingerprint density at radius 3 is 2.57 bits per heavy atom. The highest BCUT2D eigenvalue weighted by atomic mass is 16.1. The predicted molar refractivity (Wildman–Crippen MR) is 110 cm³/mol. The SMILES string of the molecule is Cn1c(N2CC3CCC2[C@H](c2ccccc2)C3)nc(-c2ccncc2)cc1=O. The summed E-state index contributed by atoms with van der Waals surface area (Å²) in [7, 11) is 1.83. The number of anilines is 1. The molecule has 2 saturated heterocycles. The van der Waals surface area contributed by atoms with Crippen molar-refractivity contribution in [2.75, 3.05) is 11.4 Å². The minimum absolute atomic E-state index is 0.0190. The third-order valence-electron chi connectivity index (χ3n) is 6.35. The Morgan fingerprint density at radius 1 is 1.04 bits per heavy atom. The molecule has 2 bridgehead atoms. The van der Waals surface area contributed by atoms with Crippen LogP contribution in [0, 0.1) is 5.92 Å². The molecular weight excluding hydrogens is 348 g/mol. The van der Waals surface area contributed by atoms with E-state index in [1.807, 2.05) is 19.2 Å². The molecule has 2 aliphatic heterocycles. The van der Waals surface area contributed by atoms with Crippen molar-refractivity contribution in [1.82, 2.24) is 14.5 Å². The molecule has 1 aliphatic carbocycles. The molecule has 5 nitrogen and oxygen atoms in total. The summed E-state index contributed by atoms with van der Waals surface area (Å²) in [6.45, 7) is 0.980. The standard InChI is InChI=1S/C23H24N4O/c1-26-22(28)14-20(18-9-11-24-12-10-18)25-23(26)27-15-16-7-8-21(27)19(13-16)17-5-3-2-4-6-17/h2-6,9-12,14,16,19,21H,7-8,13,15H2,1H3/t16?,19-,21?/m0/s1. The molecule has 1 saturated carbocycles. The number of piperidine rings is 2. The molecule has 3 aromatic rings. The van der Waals surface area contributed by atoms with Crippen LogP contribution in [0.2, 0.25) is 0 Å². The minimum atomic E-state index is -0.0190. The molecule has 3 aliphatic rings. The van der Waals surface area contributed by atoms with Gasteiger partial charge in [0, 0.05) is 49.6 Å². The van der Waals surface area contributed by atoms with E-state index in [2.05, 4.69) is 40.2 Å². The van der Waals surface area contributed by atoms with E-state index in [9.17, 15) is 4.79 Å². The number of pyridine rings is 1. The summed E-state index contributed by atoms with van der Waals surface area (Å²) >= 11 is 0. The zero-order valence-electron chi connectivity index (χ0n) is 16.0. The molecular formula is C23H24N4O. The lowest BCUT2D eigenvalue weighted by Gasteiger charge is -2.50. The van der Waals surface area contributed by atoms with Crippen LogP contribution >= 0.6 is 0 Å². The Kier molecular flexibility index (Phi) is 4.23. The Morgan fingerprint density at radius 2 is 1.82 bits per heavy atom. The van der Waals surface area contributed by atoms with Crippen LogP contribution in [0.1, 0.15) is 30.7 Å². The molecule has 3 atom stereocenters. The Balaban J connectivity index is 1.57. The molecule has 0 amide bonds. The summed E-state index contributed by atoms with van der Waals surface area (Å²) in [6.07, 6.45) is 7.12. The van der Waals surface area contributed by atoms with Crippen molar-refractivity contribution in [3.05, 3.63) is 76.8 Å². The second kappa shape index (κ2) is 6.89. The maximum Gasteiger partial charge on any atom is 0.255 e. The number of aromatic nitrogens is 3. The monoisotopic (exact) mass is 372 g/mol. The molecule has 6 rings (SSSR count). The van der Waals surface area contributed by atoms with E-state index >= 15 is 0 Å². The fourth-order valence-electron chi connectivity index (χ4n) is 4.94. The first-order valence-electron chi connectivity index (χ1n) is 10.0. The van der Waals surface area contributed by atoms with Gasteiger partial charge in [-0.05, 0) is 42.9 Å². The summed E-state index contributed by atoms with van der Waals surface area (Å²) in [5.74, 6) is 1.93. The lowest BCUT2D eigenvalue weighted by molar-refractivity contribution is 0.215. The molecule has 2 unspecified atom stereocenters. The van der Waals surface area contributed by atoms with Crippen LogP contribution in [0.3, 0.4) is 0 Å². The lowest BCUT2D eigenvalue weighted by Crippen LogP contribution is -2.53. The number of hydrogen-bond donors (Lipinski definition) is 0. The third kappa shape index (κ3) is 2.91. The third-order valence-corrected chi connectivity index (χ3v) is 6.35. The van der Waals surface area contributed by atoms with E-state index in [0.717, 1.165) is 30.2 Å². The van der Waals surface area contributed by atoms with Gasteiger partial charge in [0.05, 0.1) is 5.69 Å². The van der Waals surface area contributed by atoms with Crippen LogP contribution in [0.4, 0.5) is 5.95 Å². The molecule has 142 valence electrons. The highest BCUT2D eigenvalue weighted by Crippen LogP contribution is 2.45. The van der Waals surface area contributed by atoms with Crippen molar-refractivity contribution >= 4 is 5.95 Å². The summed E-state index contributed by atoms with van der Waals surface area (Å²) in [4.78, 5) is 24.1. The zero-order chi connectivity index (χ0) is 19.1. The van der Waals surface area contributed by atoms with Crippen LogP contribution in [-0.2, 0) is 7.05 Å². The van der Waals surface area contributed by atoms with E-state index in [1.54, 1.807) is 23.0 Å². The van der Waals surface area contributed by atoms with Crippen LogP contribution < -0.4 is 10.5 Å². The molecule has 1 aromatic carbocycles. The van der Waals surface area contributed by atoms with Crippen molar-refractivity contribution in [1.29, 1.82) is 0 Å². The summed E-state index contributed by atoms with van der Waals surface area (Å²) in [5, 5.41) is 0. The van der Waals surface area contributed by atoms with Crippen molar-refractivity contribution in [2.24, 2.45) is 13.0 Å². The van der Waals surface area contributed by atoms with Gasteiger partial charge in [0.1, 0.15) is 0 Å². The van der Waals surface area contributed by atoms with Crippen LogP contribution in [0.15, 0.2) is 65.7 Å². The fraction of sp³-hybridized carbons (Fsp3) is 0.348. The number of rotatable bonds is 3. The maximum absolute atomic E-state index is 12.7.